The molecule has 0 aliphatic heterocycles. The molecule has 1 heterocycles. The number of amides is 2. The minimum absolute atomic E-state index is 0.0704. The Morgan fingerprint density at radius 3 is 2.62 bits per heavy atom. The standard InChI is InChI=1S/C17H25ClN4O4/c1-10(2)7-22-16(18)15(11(3)20-22)17(25)26-9-14(24)21(4)8-13(23)19-12-5-6-12/h10,12H,5-9H2,1-4H3,(H,19,23). The maximum atomic E-state index is 12.3. The number of hydrogen-bond donors (Lipinski definition) is 1. The molecule has 1 aliphatic rings. The summed E-state index contributed by atoms with van der Waals surface area (Å²) >= 11 is 6.22. The second kappa shape index (κ2) is 8.53. The summed E-state index contributed by atoms with van der Waals surface area (Å²) in [6, 6.07) is 0.233. The van der Waals surface area contributed by atoms with E-state index in [2.05, 4.69) is 10.4 Å². The van der Waals surface area contributed by atoms with Crippen molar-refractivity contribution in [3.8, 4) is 0 Å². The quantitative estimate of drug-likeness (QED) is 0.684. The first-order chi connectivity index (χ1) is 12.2. The third-order valence-electron chi connectivity index (χ3n) is 3.88. The summed E-state index contributed by atoms with van der Waals surface area (Å²) in [5.74, 6) is -1.07. The summed E-state index contributed by atoms with van der Waals surface area (Å²) in [5.41, 5.74) is 0.611. The van der Waals surface area contributed by atoms with Crippen LogP contribution in [0.2, 0.25) is 5.15 Å². The van der Waals surface area contributed by atoms with Crippen molar-refractivity contribution >= 4 is 29.4 Å². The fourth-order valence-electron chi connectivity index (χ4n) is 2.37. The lowest BCUT2D eigenvalue weighted by Gasteiger charge is -2.16. The predicted molar refractivity (Wildman–Crippen MR) is 95.9 cm³/mol. The molecule has 1 N–H and O–H groups in total. The van der Waals surface area contributed by atoms with Gasteiger partial charge in [-0.15, -0.1) is 0 Å². The minimum Gasteiger partial charge on any atom is -0.452 e. The number of esters is 1. The number of aromatic nitrogens is 2. The van der Waals surface area contributed by atoms with E-state index in [0.717, 1.165) is 12.8 Å². The summed E-state index contributed by atoms with van der Waals surface area (Å²) in [5, 5.41) is 7.24. The number of hydrogen-bond acceptors (Lipinski definition) is 5. The molecular formula is C17H25ClN4O4. The van der Waals surface area contributed by atoms with E-state index in [1.165, 1.54) is 11.9 Å². The molecule has 2 amide bonds. The van der Waals surface area contributed by atoms with Gasteiger partial charge in [-0.3, -0.25) is 14.3 Å². The fraction of sp³-hybridized carbons (Fsp3) is 0.647. The molecule has 26 heavy (non-hydrogen) atoms. The predicted octanol–water partition coefficient (Wildman–Crippen LogP) is 1.39. The van der Waals surface area contributed by atoms with Gasteiger partial charge < -0.3 is 15.0 Å². The average molecular weight is 385 g/mol. The SMILES string of the molecule is Cc1nn(CC(C)C)c(Cl)c1C(=O)OCC(=O)N(C)CC(=O)NC1CC1. The zero-order valence-corrected chi connectivity index (χ0v) is 16.3. The molecule has 1 aromatic rings. The number of halogens is 1. The minimum atomic E-state index is -0.702. The summed E-state index contributed by atoms with van der Waals surface area (Å²) < 4.78 is 6.62. The summed E-state index contributed by atoms with van der Waals surface area (Å²) in [7, 11) is 1.49. The van der Waals surface area contributed by atoms with Crippen LogP contribution in [-0.2, 0) is 20.9 Å². The molecule has 9 heteroatoms. The molecule has 1 fully saturated rings. The number of carbonyl (C=O) groups is 3. The summed E-state index contributed by atoms with van der Waals surface area (Å²) in [4.78, 5) is 37.3. The number of aryl methyl sites for hydroxylation is 1. The molecule has 1 aliphatic carbocycles. The van der Waals surface area contributed by atoms with Gasteiger partial charge in [0, 0.05) is 19.6 Å². The first kappa shape index (κ1) is 20.2. The van der Waals surface area contributed by atoms with Crippen LogP contribution in [0.15, 0.2) is 0 Å². The Kier molecular flexibility index (Phi) is 6.63. The number of rotatable bonds is 8. The number of nitrogens with zero attached hydrogens (tertiary/aromatic N) is 3. The molecular weight excluding hydrogens is 360 g/mol. The highest BCUT2D eigenvalue weighted by Crippen LogP contribution is 2.22. The van der Waals surface area contributed by atoms with Gasteiger partial charge in [-0.1, -0.05) is 25.4 Å². The Morgan fingerprint density at radius 1 is 1.38 bits per heavy atom. The Balaban J connectivity index is 1.88. The van der Waals surface area contributed by atoms with E-state index in [1.54, 1.807) is 11.6 Å². The van der Waals surface area contributed by atoms with E-state index < -0.39 is 18.5 Å². The van der Waals surface area contributed by atoms with E-state index in [9.17, 15) is 14.4 Å². The molecule has 0 spiro atoms. The van der Waals surface area contributed by atoms with Crippen molar-refractivity contribution in [2.75, 3.05) is 20.2 Å². The average Bonchev–Trinajstić information content (AvgIpc) is 3.30. The largest absolute Gasteiger partial charge is 0.452 e. The van der Waals surface area contributed by atoms with Crippen LogP contribution in [0.4, 0.5) is 0 Å². The molecule has 144 valence electrons. The van der Waals surface area contributed by atoms with Crippen LogP contribution in [0.5, 0.6) is 0 Å². The van der Waals surface area contributed by atoms with Crippen molar-refractivity contribution in [2.45, 2.75) is 46.2 Å². The van der Waals surface area contributed by atoms with Gasteiger partial charge in [-0.05, 0) is 25.7 Å². The second-order valence-electron chi connectivity index (χ2n) is 6.99. The zero-order chi connectivity index (χ0) is 19.4. The van der Waals surface area contributed by atoms with E-state index in [1.807, 2.05) is 13.8 Å². The van der Waals surface area contributed by atoms with E-state index in [4.69, 9.17) is 16.3 Å². The van der Waals surface area contributed by atoms with Crippen LogP contribution < -0.4 is 5.32 Å². The second-order valence-corrected chi connectivity index (χ2v) is 7.35. The van der Waals surface area contributed by atoms with Crippen LogP contribution in [-0.4, -0.2) is 58.7 Å². The van der Waals surface area contributed by atoms with Crippen molar-refractivity contribution in [3.63, 3.8) is 0 Å². The van der Waals surface area contributed by atoms with E-state index in [-0.39, 0.29) is 29.2 Å². The molecule has 0 aromatic carbocycles. The number of ether oxygens (including phenoxy) is 1. The molecule has 2 rings (SSSR count). The highest BCUT2D eigenvalue weighted by Gasteiger charge is 2.26. The molecule has 0 unspecified atom stereocenters. The number of likely N-dealkylation sites (N-methyl/N-ethyl adjacent to an activating group) is 1. The fourth-order valence-corrected chi connectivity index (χ4v) is 2.69. The van der Waals surface area contributed by atoms with Crippen LogP contribution >= 0.6 is 11.6 Å². The van der Waals surface area contributed by atoms with Gasteiger partial charge in [0.15, 0.2) is 6.61 Å². The zero-order valence-electron chi connectivity index (χ0n) is 15.5. The van der Waals surface area contributed by atoms with Gasteiger partial charge in [0.1, 0.15) is 10.7 Å². The van der Waals surface area contributed by atoms with Crippen molar-refractivity contribution in [1.29, 1.82) is 0 Å². The maximum Gasteiger partial charge on any atom is 0.343 e. The van der Waals surface area contributed by atoms with Gasteiger partial charge >= 0.3 is 5.97 Å². The molecule has 0 radical (unpaired) electrons. The van der Waals surface area contributed by atoms with Crippen LogP contribution in [0.25, 0.3) is 0 Å². The van der Waals surface area contributed by atoms with Crippen molar-refractivity contribution in [2.24, 2.45) is 5.92 Å². The van der Waals surface area contributed by atoms with Crippen molar-refractivity contribution < 1.29 is 19.1 Å². The van der Waals surface area contributed by atoms with Crippen LogP contribution in [0.3, 0.4) is 0 Å². The smallest absolute Gasteiger partial charge is 0.343 e. The summed E-state index contributed by atoms with van der Waals surface area (Å²) in [6.07, 6.45) is 1.96. The highest BCUT2D eigenvalue weighted by molar-refractivity contribution is 6.32. The molecule has 1 saturated carbocycles. The highest BCUT2D eigenvalue weighted by atomic mass is 35.5. The lowest BCUT2D eigenvalue weighted by Crippen LogP contribution is -2.40. The maximum absolute atomic E-state index is 12.3. The van der Waals surface area contributed by atoms with Crippen molar-refractivity contribution in [3.05, 3.63) is 16.4 Å². The Bertz CT molecular complexity index is 697. The molecule has 0 bridgehead atoms. The monoisotopic (exact) mass is 384 g/mol. The Hall–Kier alpha value is -2.09. The third-order valence-corrected chi connectivity index (χ3v) is 4.27. The number of nitrogens with one attached hydrogen (secondary N) is 1. The third kappa shape index (κ3) is 5.45. The molecule has 0 atom stereocenters. The van der Waals surface area contributed by atoms with Crippen molar-refractivity contribution in [1.82, 2.24) is 20.0 Å². The van der Waals surface area contributed by atoms with Crippen LogP contribution in [0, 0.1) is 12.8 Å². The normalized spacial score (nSPS) is 13.6. The van der Waals surface area contributed by atoms with Gasteiger partial charge in [0.25, 0.3) is 5.91 Å². The number of carbonyl (C=O) groups excluding carboxylic acids is 3. The first-order valence-corrected chi connectivity index (χ1v) is 9.00. The lowest BCUT2D eigenvalue weighted by molar-refractivity contribution is -0.137. The van der Waals surface area contributed by atoms with Crippen LogP contribution in [0.1, 0.15) is 42.7 Å². The molecule has 0 saturated heterocycles. The lowest BCUT2D eigenvalue weighted by atomic mass is 10.2. The van der Waals surface area contributed by atoms with Gasteiger partial charge in [0.2, 0.25) is 5.91 Å². The van der Waals surface area contributed by atoms with Gasteiger partial charge in [0.05, 0.1) is 12.2 Å². The topological polar surface area (TPSA) is 93.5 Å². The Morgan fingerprint density at radius 2 is 2.04 bits per heavy atom. The molecule has 1 aromatic heterocycles. The van der Waals surface area contributed by atoms with Gasteiger partial charge in [-0.25, -0.2) is 4.79 Å². The van der Waals surface area contributed by atoms with E-state index in [0.29, 0.717) is 18.2 Å². The van der Waals surface area contributed by atoms with Gasteiger partial charge in [-0.2, -0.15) is 5.10 Å². The first-order valence-electron chi connectivity index (χ1n) is 8.62. The molecule has 8 nitrogen and oxygen atoms in total. The Labute approximate surface area is 157 Å². The summed E-state index contributed by atoms with van der Waals surface area (Å²) in [6.45, 7) is 5.73. The van der Waals surface area contributed by atoms with E-state index >= 15 is 0 Å².